The van der Waals surface area contributed by atoms with Crippen LogP contribution in [0.25, 0.3) is 0 Å². The Bertz CT molecular complexity index is 982. The van der Waals surface area contributed by atoms with Crippen molar-refractivity contribution < 1.29 is 13.9 Å². The molecule has 1 atom stereocenters. The molecule has 6 nitrogen and oxygen atoms in total. The molecule has 0 saturated carbocycles. The minimum absolute atomic E-state index is 0.0397. The maximum Gasteiger partial charge on any atom is 0.276 e. The Morgan fingerprint density at radius 2 is 2.07 bits per heavy atom. The highest BCUT2D eigenvalue weighted by Crippen LogP contribution is 2.32. The molecule has 0 N–H and O–H groups in total. The number of methoxy groups -OCH3 is 1. The molecule has 1 aliphatic heterocycles. The molecule has 3 heterocycles. The third-order valence-corrected chi connectivity index (χ3v) is 5.09. The third-order valence-electron chi connectivity index (χ3n) is 5.09. The van der Waals surface area contributed by atoms with E-state index in [-0.39, 0.29) is 11.9 Å². The Hall–Kier alpha value is -3.15. The number of nitrogens with zero attached hydrogens (tertiary/aromatic N) is 3. The highest BCUT2D eigenvalue weighted by atomic mass is 16.5. The second-order valence-corrected chi connectivity index (χ2v) is 6.95. The molecule has 1 saturated heterocycles. The first kappa shape index (κ1) is 18.2. The number of amides is 1. The lowest BCUT2D eigenvalue weighted by atomic mass is 10.1. The van der Waals surface area contributed by atoms with Crippen molar-refractivity contribution >= 4 is 5.91 Å². The van der Waals surface area contributed by atoms with Crippen molar-refractivity contribution in [3.63, 3.8) is 0 Å². The van der Waals surface area contributed by atoms with E-state index >= 15 is 0 Å². The average molecular weight is 377 g/mol. The van der Waals surface area contributed by atoms with E-state index in [1.165, 1.54) is 6.26 Å². The van der Waals surface area contributed by atoms with Gasteiger partial charge in [0.15, 0.2) is 11.6 Å². The molecule has 1 fully saturated rings. The van der Waals surface area contributed by atoms with Crippen molar-refractivity contribution in [2.75, 3.05) is 13.7 Å². The van der Waals surface area contributed by atoms with Gasteiger partial charge in [-0.15, -0.1) is 0 Å². The predicted octanol–water partition coefficient (Wildman–Crippen LogP) is 3.95. The first-order valence-electron chi connectivity index (χ1n) is 9.46. The number of hydrogen-bond donors (Lipinski definition) is 0. The van der Waals surface area contributed by atoms with Crippen LogP contribution in [0, 0.1) is 6.92 Å². The number of aryl methyl sites for hydroxylation is 1. The number of ether oxygens (including phenoxy) is 1. The molecular weight excluding hydrogens is 354 g/mol. The number of carbonyl (C=O) groups excluding carboxylic acids is 1. The van der Waals surface area contributed by atoms with E-state index in [9.17, 15) is 4.79 Å². The van der Waals surface area contributed by atoms with Crippen LogP contribution in [0.1, 0.15) is 52.2 Å². The van der Waals surface area contributed by atoms with E-state index in [1.807, 2.05) is 47.4 Å². The summed E-state index contributed by atoms with van der Waals surface area (Å²) >= 11 is 0. The van der Waals surface area contributed by atoms with Gasteiger partial charge in [-0.2, -0.15) is 0 Å². The summed E-state index contributed by atoms with van der Waals surface area (Å²) in [5.74, 6) is 1.25. The maximum atomic E-state index is 12.9. The molecule has 1 aromatic carbocycles. The van der Waals surface area contributed by atoms with Gasteiger partial charge in [0.05, 0.1) is 18.8 Å². The van der Waals surface area contributed by atoms with Crippen LogP contribution in [0.4, 0.5) is 0 Å². The second kappa shape index (κ2) is 7.84. The van der Waals surface area contributed by atoms with Gasteiger partial charge < -0.3 is 14.1 Å². The van der Waals surface area contributed by atoms with E-state index < -0.39 is 0 Å². The standard InChI is InChI=1S/C22H23N3O3/c1-15-23-19(14-28-15)22(26)25-12-6-10-20(25)18-9-5-8-17(24-18)13-16-7-3-4-11-21(16)27-2/h3-5,7-9,11,14,20H,6,10,12-13H2,1-2H3/t20-/m0/s1. The Morgan fingerprint density at radius 3 is 2.86 bits per heavy atom. The maximum absolute atomic E-state index is 12.9. The van der Waals surface area contributed by atoms with Crippen LogP contribution in [-0.4, -0.2) is 34.4 Å². The summed E-state index contributed by atoms with van der Waals surface area (Å²) in [6.07, 6.45) is 3.96. The van der Waals surface area contributed by atoms with Crippen molar-refractivity contribution in [3.05, 3.63) is 77.3 Å². The molecule has 0 aliphatic carbocycles. The Morgan fingerprint density at radius 1 is 1.21 bits per heavy atom. The van der Waals surface area contributed by atoms with Gasteiger partial charge in [0, 0.05) is 31.1 Å². The first-order valence-corrected chi connectivity index (χ1v) is 9.46. The van der Waals surface area contributed by atoms with E-state index in [4.69, 9.17) is 14.1 Å². The van der Waals surface area contributed by atoms with Gasteiger partial charge >= 0.3 is 0 Å². The second-order valence-electron chi connectivity index (χ2n) is 6.95. The average Bonchev–Trinajstić information content (AvgIpc) is 3.37. The summed E-state index contributed by atoms with van der Waals surface area (Å²) in [5, 5.41) is 0. The number of para-hydroxylation sites is 1. The van der Waals surface area contributed by atoms with E-state index in [1.54, 1.807) is 14.0 Å². The zero-order chi connectivity index (χ0) is 19.5. The van der Waals surface area contributed by atoms with Crippen LogP contribution in [0.15, 0.2) is 53.1 Å². The summed E-state index contributed by atoms with van der Waals surface area (Å²) in [6.45, 7) is 2.44. The van der Waals surface area contributed by atoms with Crippen molar-refractivity contribution in [2.45, 2.75) is 32.2 Å². The van der Waals surface area contributed by atoms with Crippen molar-refractivity contribution in [3.8, 4) is 5.75 Å². The molecule has 28 heavy (non-hydrogen) atoms. The van der Waals surface area contributed by atoms with Crippen LogP contribution in [0.5, 0.6) is 5.75 Å². The number of benzene rings is 1. The van der Waals surface area contributed by atoms with Crippen molar-refractivity contribution in [1.29, 1.82) is 0 Å². The molecule has 144 valence electrons. The third kappa shape index (κ3) is 3.63. The van der Waals surface area contributed by atoms with Gasteiger partial charge in [0.25, 0.3) is 5.91 Å². The lowest BCUT2D eigenvalue weighted by Crippen LogP contribution is -2.31. The number of pyridine rings is 1. The zero-order valence-electron chi connectivity index (χ0n) is 16.1. The molecule has 1 amide bonds. The quantitative estimate of drug-likeness (QED) is 0.673. The van der Waals surface area contributed by atoms with Crippen LogP contribution < -0.4 is 4.74 Å². The summed E-state index contributed by atoms with van der Waals surface area (Å²) in [6, 6.07) is 13.9. The Balaban J connectivity index is 1.57. The lowest BCUT2D eigenvalue weighted by molar-refractivity contribution is 0.0726. The smallest absolute Gasteiger partial charge is 0.276 e. The molecule has 0 bridgehead atoms. The first-order chi connectivity index (χ1) is 13.7. The number of rotatable bonds is 5. The predicted molar refractivity (Wildman–Crippen MR) is 104 cm³/mol. The summed E-state index contributed by atoms with van der Waals surface area (Å²) in [4.78, 5) is 23.8. The number of aromatic nitrogens is 2. The van der Waals surface area contributed by atoms with Gasteiger partial charge in [0.2, 0.25) is 0 Å². The largest absolute Gasteiger partial charge is 0.496 e. The number of likely N-dealkylation sites (tertiary alicyclic amines) is 1. The SMILES string of the molecule is COc1ccccc1Cc1cccc([C@@H]2CCCN2C(=O)c2coc(C)n2)n1. The Kier molecular flexibility index (Phi) is 5.10. The molecular formula is C22H23N3O3. The van der Waals surface area contributed by atoms with Gasteiger partial charge in [-0.1, -0.05) is 24.3 Å². The molecule has 3 aromatic rings. The summed E-state index contributed by atoms with van der Waals surface area (Å²) in [5.41, 5.74) is 3.32. The van der Waals surface area contributed by atoms with Gasteiger partial charge in [-0.3, -0.25) is 9.78 Å². The molecule has 0 unspecified atom stereocenters. The van der Waals surface area contributed by atoms with Crippen LogP contribution in [-0.2, 0) is 6.42 Å². The molecule has 4 rings (SSSR count). The van der Waals surface area contributed by atoms with E-state index in [2.05, 4.69) is 4.98 Å². The zero-order valence-corrected chi connectivity index (χ0v) is 16.1. The number of hydrogen-bond acceptors (Lipinski definition) is 5. The number of oxazole rings is 1. The minimum Gasteiger partial charge on any atom is -0.496 e. The van der Waals surface area contributed by atoms with Gasteiger partial charge in [0.1, 0.15) is 12.0 Å². The molecule has 0 spiro atoms. The molecule has 1 aliphatic rings. The molecule has 2 aromatic heterocycles. The normalized spacial score (nSPS) is 16.4. The summed E-state index contributed by atoms with van der Waals surface area (Å²) < 4.78 is 10.7. The van der Waals surface area contributed by atoms with Crippen molar-refractivity contribution in [1.82, 2.24) is 14.9 Å². The fourth-order valence-corrected chi connectivity index (χ4v) is 3.75. The van der Waals surface area contributed by atoms with Gasteiger partial charge in [-0.25, -0.2) is 4.98 Å². The fraction of sp³-hybridized carbons (Fsp3) is 0.318. The highest BCUT2D eigenvalue weighted by molar-refractivity contribution is 5.92. The molecule has 6 heteroatoms. The van der Waals surface area contributed by atoms with Crippen molar-refractivity contribution in [2.24, 2.45) is 0 Å². The number of carbonyl (C=O) groups is 1. The molecule has 0 radical (unpaired) electrons. The van der Waals surface area contributed by atoms with E-state index in [0.29, 0.717) is 24.6 Å². The van der Waals surface area contributed by atoms with E-state index in [0.717, 1.165) is 35.5 Å². The monoisotopic (exact) mass is 377 g/mol. The minimum atomic E-state index is -0.101. The lowest BCUT2D eigenvalue weighted by Gasteiger charge is -2.23. The van der Waals surface area contributed by atoms with Crippen LogP contribution in [0.3, 0.4) is 0 Å². The Labute approximate surface area is 164 Å². The summed E-state index contributed by atoms with van der Waals surface area (Å²) in [7, 11) is 1.68. The topological polar surface area (TPSA) is 68.5 Å². The van der Waals surface area contributed by atoms with Gasteiger partial charge in [-0.05, 0) is 31.0 Å². The van der Waals surface area contributed by atoms with Crippen LogP contribution >= 0.6 is 0 Å². The fourth-order valence-electron chi connectivity index (χ4n) is 3.75. The highest BCUT2D eigenvalue weighted by Gasteiger charge is 2.32. The van der Waals surface area contributed by atoms with Crippen LogP contribution in [0.2, 0.25) is 0 Å².